The highest BCUT2D eigenvalue weighted by molar-refractivity contribution is 14.1. The zero-order chi connectivity index (χ0) is 18.8. The lowest BCUT2D eigenvalue weighted by molar-refractivity contribution is -0.114. The number of benzene rings is 2. The van der Waals surface area contributed by atoms with Gasteiger partial charge in [-0.3, -0.25) is 9.59 Å². The summed E-state index contributed by atoms with van der Waals surface area (Å²) in [6.07, 6.45) is 0.753. The van der Waals surface area contributed by atoms with Crippen LogP contribution in [0.15, 0.2) is 48.5 Å². The Hall–Kier alpha value is -2.13. The molecule has 0 radical (unpaired) electrons. The molecule has 2 amide bonds. The molecule has 0 aliphatic rings. The quantitative estimate of drug-likeness (QED) is 0.391. The second kappa shape index (κ2) is 10.8. The van der Waals surface area contributed by atoms with E-state index in [4.69, 9.17) is 4.74 Å². The molecule has 0 atom stereocenters. The predicted octanol–water partition coefficient (Wildman–Crippen LogP) is 3.11. The van der Waals surface area contributed by atoms with Gasteiger partial charge < -0.3 is 20.7 Å². The summed E-state index contributed by atoms with van der Waals surface area (Å²) in [7, 11) is 1.63. The smallest absolute Gasteiger partial charge is 0.251 e. The Kier molecular flexibility index (Phi) is 8.36. The minimum absolute atomic E-state index is 0.147. The molecule has 2 rings (SSSR count). The number of hydrogen-bond acceptors (Lipinski definition) is 4. The number of ether oxygens (including phenoxy) is 1. The molecular formula is C19H22IN3O3. The highest BCUT2D eigenvalue weighted by Crippen LogP contribution is 2.12. The molecule has 2 aromatic carbocycles. The lowest BCUT2D eigenvalue weighted by Crippen LogP contribution is -2.25. The summed E-state index contributed by atoms with van der Waals surface area (Å²) < 4.78 is 6.08. The zero-order valence-electron chi connectivity index (χ0n) is 14.5. The van der Waals surface area contributed by atoms with Gasteiger partial charge in [0.05, 0.1) is 6.54 Å². The molecule has 26 heavy (non-hydrogen) atoms. The largest absolute Gasteiger partial charge is 0.385 e. The van der Waals surface area contributed by atoms with E-state index in [2.05, 4.69) is 38.5 Å². The molecule has 0 saturated carbocycles. The number of carbonyl (C=O) groups excluding carboxylic acids is 2. The summed E-state index contributed by atoms with van der Waals surface area (Å²) in [5.74, 6) is -0.351. The highest BCUT2D eigenvalue weighted by Gasteiger charge is 2.07. The molecule has 0 aliphatic heterocycles. The fourth-order valence-corrected chi connectivity index (χ4v) is 2.57. The topological polar surface area (TPSA) is 79.5 Å². The molecule has 3 N–H and O–H groups in total. The van der Waals surface area contributed by atoms with Crippen LogP contribution < -0.4 is 16.0 Å². The summed E-state index contributed by atoms with van der Waals surface area (Å²) in [6.45, 7) is 1.29. The Balaban J connectivity index is 1.83. The van der Waals surface area contributed by atoms with Gasteiger partial charge in [-0.15, -0.1) is 0 Å². The average Bonchev–Trinajstić information content (AvgIpc) is 2.65. The summed E-state index contributed by atoms with van der Waals surface area (Å²) >= 11 is 2.23. The predicted molar refractivity (Wildman–Crippen MR) is 112 cm³/mol. The Morgan fingerprint density at radius 2 is 1.85 bits per heavy atom. The minimum atomic E-state index is -0.179. The molecule has 0 aromatic heterocycles. The van der Waals surface area contributed by atoms with Crippen molar-refractivity contribution in [3.05, 3.63) is 57.7 Å². The zero-order valence-corrected chi connectivity index (χ0v) is 16.7. The first kappa shape index (κ1) is 20.2. The van der Waals surface area contributed by atoms with Crippen LogP contribution in [0.25, 0.3) is 0 Å². The van der Waals surface area contributed by atoms with Gasteiger partial charge in [0.1, 0.15) is 0 Å². The fourth-order valence-electron chi connectivity index (χ4n) is 2.21. The molecule has 0 spiro atoms. The summed E-state index contributed by atoms with van der Waals surface area (Å²) in [4.78, 5) is 24.2. The molecular weight excluding hydrogens is 445 g/mol. The minimum Gasteiger partial charge on any atom is -0.385 e. The molecule has 0 bridgehead atoms. The van der Waals surface area contributed by atoms with Gasteiger partial charge in [0, 0.05) is 40.8 Å². The van der Waals surface area contributed by atoms with E-state index in [9.17, 15) is 9.59 Å². The van der Waals surface area contributed by atoms with E-state index < -0.39 is 0 Å². The molecule has 2 aromatic rings. The lowest BCUT2D eigenvalue weighted by atomic mass is 10.2. The summed E-state index contributed by atoms with van der Waals surface area (Å²) in [5, 5.41) is 8.68. The second-order valence-corrected chi connectivity index (χ2v) is 6.84. The number of methoxy groups -OCH3 is 1. The van der Waals surface area contributed by atoms with Crippen molar-refractivity contribution in [3.8, 4) is 0 Å². The molecule has 0 saturated heterocycles. The molecule has 138 valence electrons. The third kappa shape index (κ3) is 7.01. The SMILES string of the molecule is COCCCNC(=O)c1cccc(NC(=O)CNc2ccc(I)cc2)c1. The third-order valence-electron chi connectivity index (χ3n) is 3.52. The van der Waals surface area contributed by atoms with Gasteiger partial charge in [-0.1, -0.05) is 6.07 Å². The Morgan fingerprint density at radius 1 is 1.08 bits per heavy atom. The number of carbonyl (C=O) groups is 2. The van der Waals surface area contributed by atoms with E-state index in [1.807, 2.05) is 24.3 Å². The fraction of sp³-hybridized carbons (Fsp3) is 0.263. The van der Waals surface area contributed by atoms with Crippen molar-refractivity contribution < 1.29 is 14.3 Å². The van der Waals surface area contributed by atoms with Crippen LogP contribution in [0.1, 0.15) is 16.8 Å². The Morgan fingerprint density at radius 3 is 2.58 bits per heavy atom. The molecule has 7 heteroatoms. The van der Waals surface area contributed by atoms with E-state index >= 15 is 0 Å². The average molecular weight is 467 g/mol. The monoisotopic (exact) mass is 467 g/mol. The van der Waals surface area contributed by atoms with Gasteiger partial charge in [-0.05, 0) is 71.5 Å². The molecule has 6 nitrogen and oxygen atoms in total. The van der Waals surface area contributed by atoms with Crippen molar-refractivity contribution in [1.82, 2.24) is 5.32 Å². The van der Waals surface area contributed by atoms with Crippen LogP contribution in [-0.2, 0) is 9.53 Å². The van der Waals surface area contributed by atoms with E-state index in [-0.39, 0.29) is 18.4 Å². The first-order chi connectivity index (χ1) is 12.6. The van der Waals surface area contributed by atoms with E-state index in [1.54, 1.807) is 31.4 Å². The van der Waals surface area contributed by atoms with Gasteiger partial charge in [-0.2, -0.15) is 0 Å². The van der Waals surface area contributed by atoms with Crippen LogP contribution in [0.2, 0.25) is 0 Å². The van der Waals surface area contributed by atoms with Crippen LogP contribution in [0.3, 0.4) is 0 Å². The number of nitrogens with one attached hydrogen (secondary N) is 3. The Bertz CT molecular complexity index is 735. The maximum atomic E-state index is 12.1. The summed E-state index contributed by atoms with van der Waals surface area (Å²) in [6, 6.07) is 14.6. The van der Waals surface area contributed by atoms with Crippen molar-refractivity contribution in [1.29, 1.82) is 0 Å². The standard InChI is InChI=1S/C19H22IN3O3/c1-26-11-3-10-21-19(25)14-4-2-5-17(12-14)23-18(24)13-22-16-8-6-15(20)7-9-16/h2,4-9,12,22H,3,10-11,13H2,1H3,(H,21,25)(H,23,24). The Labute approximate surface area is 166 Å². The van der Waals surface area contributed by atoms with Crippen molar-refractivity contribution in [3.63, 3.8) is 0 Å². The van der Waals surface area contributed by atoms with Crippen molar-refractivity contribution in [2.75, 3.05) is 37.4 Å². The lowest BCUT2D eigenvalue weighted by Gasteiger charge is -2.10. The normalized spacial score (nSPS) is 10.2. The molecule has 0 unspecified atom stereocenters. The van der Waals surface area contributed by atoms with Gasteiger partial charge in [-0.25, -0.2) is 0 Å². The van der Waals surface area contributed by atoms with Crippen LogP contribution in [0.4, 0.5) is 11.4 Å². The molecule has 0 heterocycles. The number of rotatable bonds is 9. The first-order valence-corrected chi connectivity index (χ1v) is 9.33. The number of halogens is 1. The first-order valence-electron chi connectivity index (χ1n) is 8.25. The maximum Gasteiger partial charge on any atom is 0.251 e. The van der Waals surface area contributed by atoms with Gasteiger partial charge in [0.25, 0.3) is 5.91 Å². The molecule has 0 aliphatic carbocycles. The third-order valence-corrected chi connectivity index (χ3v) is 4.24. The van der Waals surface area contributed by atoms with Crippen LogP contribution in [0.5, 0.6) is 0 Å². The van der Waals surface area contributed by atoms with Crippen LogP contribution >= 0.6 is 22.6 Å². The number of hydrogen-bond donors (Lipinski definition) is 3. The highest BCUT2D eigenvalue weighted by atomic mass is 127. The van der Waals surface area contributed by atoms with Gasteiger partial charge in [0.15, 0.2) is 0 Å². The van der Waals surface area contributed by atoms with Crippen molar-refractivity contribution in [2.45, 2.75) is 6.42 Å². The number of amides is 2. The molecule has 0 fully saturated rings. The second-order valence-electron chi connectivity index (χ2n) is 5.59. The van der Waals surface area contributed by atoms with Crippen molar-refractivity contribution >= 4 is 45.8 Å². The van der Waals surface area contributed by atoms with Crippen molar-refractivity contribution in [2.24, 2.45) is 0 Å². The van der Waals surface area contributed by atoms with Gasteiger partial charge >= 0.3 is 0 Å². The summed E-state index contributed by atoms with van der Waals surface area (Å²) in [5.41, 5.74) is 1.97. The van der Waals surface area contributed by atoms with E-state index in [0.717, 1.165) is 15.7 Å². The maximum absolute atomic E-state index is 12.1. The number of anilines is 2. The van der Waals surface area contributed by atoms with Crippen LogP contribution in [-0.4, -0.2) is 38.6 Å². The van der Waals surface area contributed by atoms with Crippen LogP contribution in [0, 0.1) is 3.57 Å². The van der Waals surface area contributed by atoms with Gasteiger partial charge in [0.2, 0.25) is 5.91 Å². The van der Waals surface area contributed by atoms with E-state index in [0.29, 0.717) is 24.4 Å². The van der Waals surface area contributed by atoms with E-state index in [1.165, 1.54) is 0 Å².